The quantitative estimate of drug-likeness (QED) is 0.236. The zero-order chi connectivity index (χ0) is 5.82. The van der Waals surface area contributed by atoms with E-state index in [1.54, 1.807) is 0 Å². The summed E-state index contributed by atoms with van der Waals surface area (Å²) in [5.41, 5.74) is 0. The van der Waals surface area contributed by atoms with E-state index in [1.165, 1.54) is 0 Å². The molecule has 0 bridgehead atoms. The fourth-order valence-electron chi connectivity index (χ4n) is 0.682. The number of ketones is 1. The number of carbonyl (C=O) groups excluding carboxylic acids is 1. The monoisotopic (exact) mass is 116 g/mol. The van der Waals surface area contributed by atoms with Crippen LogP contribution in [0.2, 0.25) is 0 Å². The second-order valence-electron chi connectivity index (χ2n) is 1.73. The minimum Gasteiger partial charge on any atom is -0.463 e. The van der Waals surface area contributed by atoms with E-state index in [-0.39, 0.29) is 0 Å². The van der Waals surface area contributed by atoms with E-state index in [0.717, 1.165) is 0 Å². The normalized spacial score (nSPS) is 20.8. The predicted octanol–water partition coefficient (Wildman–Crippen LogP) is -0.823. The molecule has 3 nitrogen and oxygen atoms in total. The summed E-state index contributed by atoms with van der Waals surface area (Å²) in [4.78, 5) is 0. The smallest absolute Gasteiger partial charge is 0.333 e. The topological polar surface area (TPSA) is 43.6 Å². The third kappa shape index (κ3) is 1.20. The van der Waals surface area contributed by atoms with Crippen LogP contribution >= 0.6 is 0 Å². The van der Waals surface area contributed by atoms with Crippen molar-refractivity contribution in [3.8, 4) is 0 Å². The van der Waals surface area contributed by atoms with E-state index < -0.39 is 0 Å². The van der Waals surface area contributed by atoms with Crippen molar-refractivity contribution in [3.63, 3.8) is 0 Å². The minimum absolute atomic E-state index is 0.622. The van der Waals surface area contributed by atoms with Crippen LogP contribution in [-0.2, 0) is 9.31 Å². The Bertz CT molecular complexity index is 89.8. The van der Waals surface area contributed by atoms with Gasteiger partial charge < -0.3 is 9.99 Å². The lowest BCUT2D eigenvalue weighted by Crippen LogP contribution is -2.19. The molecule has 0 N–H and O–H groups in total. The summed E-state index contributed by atoms with van der Waals surface area (Å²) < 4.78 is 8.74. The van der Waals surface area contributed by atoms with Gasteiger partial charge in [0.15, 0.2) is 0 Å². The van der Waals surface area contributed by atoms with Crippen molar-refractivity contribution in [3.05, 3.63) is 0 Å². The molecule has 8 heavy (non-hydrogen) atoms. The molecule has 0 aliphatic carbocycles. The van der Waals surface area contributed by atoms with Crippen LogP contribution in [0.1, 0.15) is 12.8 Å². The molecular weight excluding hydrogens is 108 g/mol. The van der Waals surface area contributed by atoms with Crippen LogP contribution in [0, 0.1) is 0 Å². The Labute approximate surface area is 47.5 Å². The van der Waals surface area contributed by atoms with E-state index in [2.05, 4.69) is 4.58 Å². The van der Waals surface area contributed by atoms with Crippen molar-refractivity contribution in [2.75, 3.05) is 13.2 Å². The Morgan fingerprint density at radius 3 is 2.38 bits per heavy atom. The van der Waals surface area contributed by atoms with Gasteiger partial charge in [0.1, 0.15) is 0 Å². The standard InChI is InChI=1S/C5H8O3/c6-8-5-1-3-7-4-2-5/h1-4H2. The number of hydrogen-bond acceptors (Lipinski definition) is 2. The Kier molecular flexibility index (Phi) is 1.86. The van der Waals surface area contributed by atoms with E-state index in [0.29, 0.717) is 31.8 Å². The molecule has 0 amide bonds. The van der Waals surface area contributed by atoms with Crippen LogP contribution in [0.4, 0.5) is 0 Å². The van der Waals surface area contributed by atoms with Crippen molar-refractivity contribution >= 4 is 5.78 Å². The van der Waals surface area contributed by atoms with Crippen molar-refractivity contribution < 1.29 is 14.6 Å². The fraction of sp³-hybridized carbons (Fsp3) is 0.800. The van der Waals surface area contributed by atoms with Gasteiger partial charge in [0.25, 0.3) is 0 Å². The average Bonchev–Trinajstić information content (AvgIpc) is 1.90. The van der Waals surface area contributed by atoms with Gasteiger partial charge in [-0.1, -0.05) is 0 Å². The van der Waals surface area contributed by atoms with Gasteiger partial charge in [-0.25, -0.2) is 0 Å². The van der Waals surface area contributed by atoms with Crippen LogP contribution in [0.15, 0.2) is 0 Å². The summed E-state index contributed by atoms with van der Waals surface area (Å²) in [6.07, 6.45) is 1.34. The van der Waals surface area contributed by atoms with Crippen molar-refractivity contribution in [2.45, 2.75) is 12.8 Å². The van der Waals surface area contributed by atoms with Gasteiger partial charge in [-0.15, -0.1) is 0 Å². The number of hydrogen-bond donors (Lipinski definition) is 0. The second-order valence-corrected chi connectivity index (χ2v) is 1.73. The SMILES string of the molecule is [O-][O+]=C1CCOCC1. The molecule has 3 heteroatoms. The maximum Gasteiger partial charge on any atom is 0.333 e. The molecule has 0 aromatic rings. The zero-order valence-corrected chi connectivity index (χ0v) is 4.55. The number of rotatable bonds is 0. The summed E-state index contributed by atoms with van der Waals surface area (Å²) in [5.74, 6) is 0.622. The lowest BCUT2D eigenvalue weighted by atomic mass is 10.2. The molecule has 1 heterocycles. The molecule has 0 spiro atoms. The van der Waals surface area contributed by atoms with E-state index in [1.807, 2.05) is 0 Å². The lowest BCUT2D eigenvalue weighted by Gasteiger charge is -2.04. The molecule has 1 saturated heterocycles. The molecule has 46 valence electrons. The maximum atomic E-state index is 9.69. The van der Waals surface area contributed by atoms with E-state index >= 15 is 0 Å². The molecule has 1 rings (SSSR count). The Morgan fingerprint density at radius 1 is 1.38 bits per heavy atom. The molecule has 0 radical (unpaired) electrons. The maximum absolute atomic E-state index is 9.69. The van der Waals surface area contributed by atoms with Crippen LogP contribution < -0.4 is 5.26 Å². The largest absolute Gasteiger partial charge is 0.463 e. The van der Waals surface area contributed by atoms with Crippen LogP contribution in [0.25, 0.3) is 0 Å². The van der Waals surface area contributed by atoms with Crippen LogP contribution in [-0.4, -0.2) is 19.0 Å². The molecule has 0 aromatic heterocycles. The first-order valence-electron chi connectivity index (χ1n) is 2.66. The molecular formula is C5H8O3. The highest BCUT2D eigenvalue weighted by Crippen LogP contribution is 1.98. The molecule has 0 unspecified atom stereocenters. The molecule has 0 aromatic carbocycles. The summed E-state index contributed by atoms with van der Waals surface area (Å²) >= 11 is 0. The first-order chi connectivity index (χ1) is 3.93. The van der Waals surface area contributed by atoms with Crippen molar-refractivity contribution in [1.29, 1.82) is 0 Å². The fourth-order valence-corrected chi connectivity index (χ4v) is 0.682. The Balaban J connectivity index is 2.33. The Hall–Kier alpha value is -0.570. The predicted molar refractivity (Wildman–Crippen MR) is 25.1 cm³/mol. The first-order valence-corrected chi connectivity index (χ1v) is 2.66. The highest BCUT2D eigenvalue weighted by molar-refractivity contribution is 5.79. The molecule has 0 saturated carbocycles. The van der Waals surface area contributed by atoms with Gasteiger partial charge in [0.2, 0.25) is 0 Å². The second kappa shape index (κ2) is 2.67. The third-order valence-electron chi connectivity index (χ3n) is 1.17. The van der Waals surface area contributed by atoms with Crippen molar-refractivity contribution in [2.24, 2.45) is 0 Å². The van der Waals surface area contributed by atoms with Crippen LogP contribution in [0.3, 0.4) is 0 Å². The zero-order valence-electron chi connectivity index (χ0n) is 4.55. The van der Waals surface area contributed by atoms with E-state index in [4.69, 9.17) is 4.74 Å². The minimum atomic E-state index is 0.622. The van der Waals surface area contributed by atoms with Gasteiger partial charge in [0, 0.05) is 0 Å². The molecule has 0 atom stereocenters. The average molecular weight is 116 g/mol. The van der Waals surface area contributed by atoms with Crippen molar-refractivity contribution in [1.82, 2.24) is 0 Å². The van der Waals surface area contributed by atoms with Gasteiger partial charge >= 0.3 is 5.78 Å². The highest BCUT2D eigenvalue weighted by Gasteiger charge is 2.15. The summed E-state index contributed by atoms with van der Waals surface area (Å²) in [7, 11) is 0. The Morgan fingerprint density at radius 2 is 2.00 bits per heavy atom. The highest BCUT2D eigenvalue weighted by atomic mass is 17.1. The summed E-state index contributed by atoms with van der Waals surface area (Å²) in [6.45, 7) is 1.27. The first kappa shape index (κ1) is 5.56. The molecule has 1 fully saturated rings. The van der Waals surface area contributed by atoms with Crippen LogP contribution in [0.5, 0.6) is 0 Å². The van der Waals surface area contributed by atoms with Gasteiger partial charge in [0.05, 0.1) is 26.1 Å². The van der Waals surface area contributed by atoms with Gasteiger partial charge in [-0.05, 0) is 0 Å². The summed E-state index contributed by atoms with van der Waals surface area (Å²) in [6, 6.07) is 0. The van der Waals surface area contributed by atoms with Gasteiger partial charge in [-0.3, -0.25) is 0 Å². The summed E-state index contributed by atoms with van der Waals surface area (Å²) in [5, 5.41) is 9.69. The molecule has 1 aliphatic heterocycles. The third-order valence-corrected chi connectivity index (χ3v) is 1.17. The molecule has 1 aliphatic rings. The number of ether oxygens (including phenoxy) is 1. The van der Waals surface area contributed by atoms with E-state index in [9.17, 15) is 5.26 Å². The lowest BCUT2D eigenvalue weighted by molar-refractivity contribution is -1.05. The van der Waals surface area contributed by atoms with Gasteiger partial charge in [-0.2, -0.15) is 4.58 Å².